The summed E-state index contributed by atoms with van der Waals surface area (Å²) in [7, 11) is 0. The number of ether oxygens (including phenoxy) is 1. The van der Waals surface area contributed by atoms with Gasteiger partial charge >= 0.3 is 11.9 Å². The molecule has 0 aliphatic heterocycles. The first-order valence-corrected chi connectivity index (χ1v) is 5.69. The summed E-state index contributed by atoms with van der Waals surface area (Å²) < 4.78 is 5.23. The lowest BCUT2D eigenvalue weighted by molar-refractivity contribution is 0.0697. The fourth-order valence-electron chi connectivity index (χ4n) is 1.61. The molecule has 0 saturated heterocycles. The van der Waals surface area contributed by atoms with Gasteiger partial charge in [0.05, 0.1) is 11.1 Å². The van der Waals surface area contributed by atoms with Crippen LogP contribution in [0.3, 0.4) is 0 Å². The van der Waals surface area contributed by atoms with E-state index in [2.05, 4.69) is 0 Å². The van der Waals surface area contributed by atoms with Crippen LogP contribution in [0.4, 0.5) is 0 Å². The van der Waals surface area contributed by atoms with Crippen LogP contribution in [-0.2, 0) is 0 Å². The van der Waals surface area contributed by atoms with Gasteiger partial charge in [0, 0.05) is 0 Å². The lowest BCUT2D eigenvalue weighted by Gasteiger charge is -2.07. The Morgan fingerprint density at radius 2 is 1.68 bits per heavy atom. The van der Waals surface area contributed by atoms with Crippen LogP contribution in [-0.4, -0.2) is 17.0 Å². The highest BCUT2D eigenvalue weighted by atomic mass is 16.5. The summed E-state index contributed by atoms with van der Waals surface area (Å²) in [5.41, 5.74) is 1.10. The third-order valence-corrected chi connectivity index (χ3v) is 2.64. The first-order valence-electron chi connectivity index (χ1n) is 5.69. The van der Waals surface area contributed by atoms with E-state index in [1.54, 1.807) is 12.1 Å². The van der Waals surface area contributed by atoms with Crippen molar-refractivity contribution in [2.24, 2.45) is 0 Å². The summed E-state index contributed by atoms with van der Waals surface area (Å²) in [5.74, 6) is -1.18. The standard InChI is InChI=1S/C15H12O4/c1-10-5-2-3-8-13(10)19-15(18)12-7-4-6-11(9-12)14(16)17/h2-9H,1H3,(H,16,17). The van der Waals surface area contributed by atoms with Gasteiger partial charge in [-0.25, -0.2) is 9.59 Å². The van der Waals surface area contributed by atoms with Gasteiger partial charge in [-0.15, -0.1) is 0 Å². The fraction of sp³-hybridized carbons (Fsp3) is 0.0667. The van der Waals surface area contributed by atoms with Crippen molar-refractivity contribution >= 4 is 11.9 Å². The zero-order valence-electron chi connectivity index (χ0n) is 10.3. The fourth-order valence-corrected chi connectivity index (χ4v) is 1.61. The molecule has 0 aliphatic carbocycles. The Bertz CT molecular complexity index is 632. The van der Waals surface area contributed by atoms with E-state index in [9.17, 15) is 9.59 Å². The second-order valence-corrected chi connectivity index (χ2v) is 4.04. The molecule has 0 aromatic heterocycles. The van der Waals surface area contributed by atoms with Crippen molar-refractivity contribution in [3.05, 3.63) is 65.2 Å². The predicted octanol–water partition coefficient (Wildman–Crippen LogP) is 2.91. The first-order chi connectivity index (χ1) is 9.08. The molecule has 0 bridgehead atoms. The molecule has 0 aliphatic rings. The highest BCUT2D eigenvalue weighted by Gasteiger charge is 2.12. The topological polar surface area (TPSA) is 63.6 Å². The summed E-state index contributed by atoms with van der Waals surface area (Å²) in [4.78, 5) is 22.8. The van der Waals surface area contributed by atoms with E-state index < -0.39 is 11.9 Å². The number of carbonyl (C=O) groups excluding carboxylic acids is 1. The first kappa shape index (κ1) is 12.8. The molecule has 0 atom stereocenters. The lowest BCUT2D eigenvalue weighted by atomic mass is 10.1. The normalized spacial score (nSPS) is 9.95. The van der Waals surface area contributed by atoms with Gasteiger partial charge in [-0.1, -0.05) is 24.3 Å². The molecule has 96 valence electrons. The van der Waals surface area contributed by atoms with Gasteiger partial charge in [0.1, 0.15) is 5.75 Å². The Morgan fingerprint density at radius 1 is 1.00 bits per heavy atom. The van der Waals surface area contributed by atoms with Gasteiger partial charge in [0.2, 0.25) is 0 Å². The van der Waals surface area contributed by atoms with Crippen molar-refractivity contribution in [3.8, 4) is 5.75 Å². The highest BCUT2D eigenvalue weighted by Crippen LogP contribution is 2.18. The van der Waals surface area contributed by atoms with Crippen LogP contribution in [0.1, 0.15) is 26.3 Å². The minimum atomic E-state index is -1.08. The van der Waals surface area contributed by atoms with Crippen LogP contribution in [0.5, 0.6) is 5.75 Å². The van der Waals surface area contributed by atoms with E-state index in [4.69, 9.17) is 9.84 Å². The number of hydrogen-bond acceptors (Lipinski definition) is 3. The molecule has 0 radical (unpaired) electrons. The van der Waals surface area contributed by atoms with Crippen molar-refractivity contribution in [2.45, 2.75) is 6.92 Å². The number of esters is 1. The summed E-state index contributed by atoms with van der Waals surface area (Å²) in [6.45, 7) is 1.83. The third kappa shape index (κ3) is 2.98. The van der Waals surface area contributed by atoms with E-state index >= 15 is 0 Å². The van der Waals surface area contributed by atoms with E-state index in [1.807, 2.05) is 19.1 Å². The number of aryl methyl sites for hydroxylation is 1. The molecule has 4 nitrogen and oxygen atoms in total. The van der Waals surface area contributed by atoms with Crippen molar-refractivity contribution < 1.29 is 19.4 Å². The summed E-state index contributed by atoms with van der Waals surface area (Å²) in [6, 6.07) is 12.9. The summed E-state index contributed by atoms with van der Waals surface area (Å²) >= 11 is 0. The molecule has 2 aromatic carbocycles. The Balaban J connectivity index is 2.23. The number of para-hydroxylation sites is 1. The second kappa shape index (κ2) is 5.35. The van der Waals surface area contributed by atoms with Crippen molar-refractivity contribution in [3.63, 3.8) is 0 Å². The average molecular weight is 256 g/mol. The lowest BCUT2D eigenvalue weighted by Crippen LogP contribution is -2.10. The molecule has 0 unspecified atom stereocenters. The number of carboxylic acids is 1. The molecule has 0 spiro atoms. The molecule has 19 heavy (non-hydrogen) atoms. The maximum absolute atomic E-state index is 11.9. The van der Waals surface area contributed by atoms with Crippen LogP contribution >= 0.6 is 0 Å². The maximum atomic E-state index is 11.9. The number of carbonyl (C=O) groups is 2. The predicted molar refractivity (Wildman–Crippen MR) is 69.5 cm³/mol. The zero-order valence-corrected chi connectivity index (χ0v) is 10.3. The number of benzene rings is 2. The van der Waals surface area contributed by atoms with Crippen LogP contribution < -0.4 is 4.74 Å². The molecular formula is C15H12O4. The Labute approximate surface area is 110 Å². The molecular weight excluding hydrogens is 244 g/mol. The number of carboxylic acid groups (broad SMARTS) is 1. The monoisotopic (exact) mass is 256 g/mol. The van der Waals surface area contributed by atoms with E-state index in [1.165, 1.54) is 24.3 Å². The molecule has 2 rings (SSSR count). The van der Waals surface area contributed by atoms with Crippen LogP contribution in [0.25, 0.3) is 0 Å². The van der Waals surface area contributed by atoms with Gasteiger partial charge in [-0.2, -0.15) is 0 Å². The van der Waals surface area contributed by atoms with Crippen molar-refractivity contribution in [2.75, 3.05) is 0 Å². The number of aromatic carboxylic acids is 1. The van der Waals surface area contributed by atoms with Gasteiger partial charge < -0.3 is 9.84 Å². The molecule has 2 aromatic rings. The van der Waals surface area contributed by atoms with Crippen molar-refractivity contribution in [1.82, 2.24) is 0 Å². The van der Waals surface area contributed by atoms with Gasteiger partial charge in [0.15, 0.2) is 0 Å². The average Bonchev–Trinajstić information content (AvgIpc) is 2.41. The minimum absolute atomic E-state index is 0.0548. The van der Waals surface area contributed by atoms with Gasteiger partial charge in [0.25, 0.3) is 0 Å². The van der Waals surface area contributed by atoms with Crippen molar-refractivity contribution in [1.29, 1.82) is 0 Å². The quantitative estimate of drug-likeness (QED) is 0.677. The zero-order chi connectivity index (χ0) is 13.8. The van der Waals surface area contributed by atoms with E-state index in [0.717, 1.165) is 5.56 Å². The van der Waals surface area contributed by atoms with Crippen LogP contribution in [0.15, 0.2) is 48.5 Å². The van der Waals surface area contributed by atoms with Crippen LogP contribution in [0.2, 0.25) is 0 Å². The smallest absolute Gasteiger partial charge is 0.343 e. The largest absolute Gasteiger partial charge is 0.478 e. The third-order valence-electron chi connectivity index (χ3n) is 2.64. The maximum Gasteiger partial charge on any atom is 0.343 e. The molecule has 0 saturated carbocycles. The molecule has 0 amide bonds. The Hall–Kier alpha value is -2.62. The van der Waals surface area contributed by atoms with E-state index in [-0.39, 0.29) is 11.1 Å². The van der Waals surface area contributed by atoms with E-state index in [0.29, 0.717) is 5.75 Å². The molecule has 1 N–H and O–H groups in total. The molecule has 0 fully saturated rings. The number of hydrogen-bond donors (Lipinski definition) is 1. The van der Waals surface area contributed by atoms with Gasteiger partial charge in [-0.3, -0.25) is 0 Å². The highest BCUT2D eigenvalue weighted by molar-refractivity contribution is 5.95. The SMILES string of the molecule is Cc1ccccc1OC(=O)c1cccc(C(=O)O)c1. The summed E-state index contributed by atoms with van der Waals surface area (Å²) in [5, 5.41) is 8.87. The number of rotatable bonds is 3. The second-order valence-electron chi connectivity index (χ2n) is 4.04. The molecule has 0 heterocycles. The molecule has 4 heteroatoms. The van der Waals surface area contributed by atoms with Crippen LogP contribution in [0, 0.1) is 6.92 Å². The summed E-state index contributed by atoms with van der Waals surface area (Å²) in [6.07, 6.45) is 0. The minimum Gasteiger partial charge on any atom is -0.478 e. The Morgan fingerprint density at radius 3 is 2.37 bits per heavy atom. The Kier molecular flexibility index (Phi) is 3.61. The van der Waals surface area contributed by atoms with Gasteiger partial charge in [-0.05, 0) is 36.8 Å².